The Bertz CT molecular complexity index is 499. The first-order chi connectivity index (χ1) is 7.36. The second kappa shape index (κ2) is 5.09. The Morgan fingerprint density at radius 2 is 1.93 bits per heavy atom. The average molecular weight is 281 g/mol. The van der Waals surface area contributed by atoms with Gasteiger partial charge in [0.1, 0.15) is 0 Å². The van der Waals surface area contributed by atoms with Crippen molar-refractivity contribution in [3.8, 4) is 0 Å². The number of halogens is 1. The molecule has 4 heteroatoms. The van der Waals surface area contributed by atoms with Crippen LogP contribution in [0.3, 0.4) is 0 Å². The summed E-state index contributed by atoms with van der Waals surface area (Å²) >= 11 is 5.07. The zero-order valence-corrected chi connectivity index (χ0v) is 10.3. The summed E-state index contributed by atoms with van der Waals surface area (Å²) in [7, 11) is 0. The number of pyridine rings is 1. The fourth-order valence-corrected chi connectivity index (χ4v) is 1.90. The molecule has 0 aliphatic carbocycles. The number of thiophene rings is 1. The van der Waals surface area contributed by atoms with Crippen molar-refractivity contribution < 1.29 is 0 Å². The van der Waals surface area contributed by atoms with Crippen molar-refractivity contribution in [2.75, 3.05) is 0 Å². The predicted molar refractivity (Wildman–Crippen MR) is 67.2 cm³/mol. The van der Waals surface area contributed by atoms with E-state index in [2.05, 4.69) is 21.0 Å². The quantitative estimate of drug-likeness (QED) is 0.612. The van der Waals surface area contributed by atoms with Gasteiger partial charge in [0.2, 0.25) is 0 Å². The zero-order chi connectivity index (χ0) is 10.5. The minimum Gasteiger partial charge on any atom is -0.240 e. The number of aromatic nitrogens is 2. The smallest absolute Gasteiger partial charge is 0.0662 e. The van der Waals surface area contributed by atoms with Crippen molar-refractivity contribution in [3.63, 3.8) is 0 Å². The van der Waals surface area contributed by atoms with E-state index in [4.69, 9.17) is 0 Å². The van der Waals surface area contributed by atoms with Crippen LogP contribution in [0.2, 0.25) is 0 Å². The van der Waals surface area contributed by atoms with Crippen LogP contribution >= 0.6 is 27.3 Å². The molecule has 0 aliphatic heterocycles. The molecule has 0 bridgehead atoms. The van der Waals surface area contributed by atoms with Crippen molar-refractivity contribution in [1.82, 2.24) is 9.61 Å². The van der Waals surface area contributed by atoms with E-state index in [1.54, 1.807) is 17.5 Å². The Labute approximate surface area is 100 Å². The van der Waals surface area contributed by atoms with Crippen LogP contribution in [0.15, 0.2) is 58.0 Å². The maximum Gasteiger partial charge on any atom is 0.0662 e. The number of hydrogen-bond acceptors (Lipinski definition) is 2. The van der Waals surface area contributed by atoms with E-state index >= 15 is 0 Å². The first-order valence-corrected chi connectivity index (χ1v) is 6.16. The summed E-state index contributed by atoms with van der Waals surface area (Å²) in [6.07, 6.45) is 3.71. The van der Waals surface area contributed by atoms with Crippen molar-refractivity contribution in [2.45, 2.75) is 0 Å². The summed E-state index contributed by atoms with van der Waals surface area (Å²) in [6, 6.07) is 10.0. The van der Waals surface area contributed by atoms with Gasteiger partial charge in [-0.2, -0.15) is 16.4 Å². The highest BCUT2D eigenvalue weighted by molar-refractivity contribution is 9.10. The third kappa shape index (κ3) is 2.91. The maximum absolute atomic E-state index is 4.07. The second-order valence-corrected chi connectivity index (χ2v) is 4.57. The third-order valence-corrected chi connectivity index (χ3v) is 2.88. The molecule has 0 saturated heterocycles. The minimum absolute atomic E-state index is 1.05. The van der Waals surface area contributed by atoms with Crippen molar-refractivity contribution in [2.24, 2.45) is 0 Å². The lowest BCUT2D eigenvalue weighted by molar-refractivity contribution is 0.956. The Hall–Kier alpha value is -1.13. The summed E-state index contributed by atoms with van der Waals surface area (Å²) < 4.78 is 2.87. The van der Waals surface area contributed by atoms with E-state index in [1.807, 2.05) is 51.8 Å². The lowest BCUT2D eigenvalue weighted by atomic mass is 10.4. The molecule has 3 rings (SSSR count). The summed E-state index contributed by atoms with van der Waals surface area (Å²) in [6.45, 7) is 0. The molecule has 0 unspecified atom stereocenters. The second-order valence-electron chi connectivity index (χ2n) is 2.84. The molecule has 0 fully saturated rings. The van der Waals surface area contributed by atoms with Gasteiger partial charge in [0.05, 0.1) is 5.52 Å². The molecule has 3 aromatic heterocycles. The van der Waals surface area contributed by atoms with E-state index in [9.17, 15) is 0 Å². The van der Waals surface area contributed by atoms with E-state index in [1.165, 1.54) is 0 Å². The Morgan fingerprint density at radius 1 is 1.13 bits per heavy atom. The Balaban J connectivity index is 0.000000144. The lowest BCUT2D eigenvalue weighted by Crippen LogP contribution is -1.83. The topological polar surface area (TPSA) is 17.3 Å². The van der Waals surface area contributed by atoms with Crippen molar-refractivity contribution >= 4 is 32.8 Å². The van der Waals surface area contributed by atoms with Gasteiger partial charge >= 0.3 is 0 Å². The van der Waals surface area contributed by atoms with Gasteiger partial charge in [-0.05, 0) is 44.9 Å². The van der Waals surface area contributed by atoms with Crippen LogP contribution in [0.1, 0.15) is 0 Å². The monoisotopic (exact) mass is 280 g/mol. The van der Waals surface area contributed by atoms with Crippen LogP contribution in [-0.2, 0) is 0 Å². The molecule has 3 aromatic rings. The predicted octanol–water partition coefficient (Wildman–Crippen LogP) is 3.84. The molecule has 0 atom stereocenters. The Kier molecular flexibility index (Phi) is 3.53. The van der Waals surface area contributed by atoms with E-state index in [-0.39, 0.29) is 0 Å². The summed E-state index contributed by atoms with van der Waals surface area (Å²) in [5.41, 5.74) is 1.11. The van der Waals surface area contributed by atoms with E-state index < -0.39 is 0 Å². The van der Waals surface area contributed by atoms with Crippen LogP contribution in [0.4, 0.5) is 0 Å². The van der Waals surface area contributed by atoms with Crippen molar-refractivity contribution in [1.29, 1.82) is 0 Å². The first-order valence-electron chi connectivity index (χ1n) is 4.42. The highest BCUT2D eigenvalue weighted by Gasteiger charge is 1.91. The standard InChI is InChI=1S/C7H5BrN2.C4H4S/c8-6-1-2-7-3-4-9-10(7)5-6;1-2-4-5-3-1/h1-5H;1-4H. The van der Waals surface area contributed by atoms with Crippen molar-refractivity contribution in [3.05, 3.63) is 58.0 Å². The molecule has 0 spiro atoms. The lowest BCUT2D eigenvalue weighted by Gasteiger charge is -1.91. The van der Waals surface area contributed by atoms with Gasteiger partial charge in [0.25, 0.3) is 0 Å². The summed E-state index contributed by atoms with van der Waals surface area (Å²) in [5, 5.41) is 8.15. The number of rotatable bonds is 0. The fourth-order valence-electron chi connectivity index (χ4n) is 1.12. The normalized spacial score (nSPS) is 9.67. The van der Waals surface area contributed by atoms with Gasteiger partial charge in [-0.3, -0.25) is 0 Å². The van der Waals surface area contributed by atoms with Gasteiger partial charge < -0.3 is 0 Å². The highest BCUT2D eigenvalue weighted by atomic mass is 79.9. The zero-order valence-electron chi connectivity index (χ0n) is 7.88. The number of nitrogens with zero attached hydrogens (tertiary/aromatic N) is 2. The molecule has 0 N–H and O–H groups in total. The van der Waals surface area contributed by atoms with Gasteiger partial charge in [0, 0.05) is 16.9 Å². The first kappa shape index (κ1) is 10.4. The molecule has 0 aliphatic rings. The SMILES string of the molecule is Brc1ccc2ccnn2c1.c1ccsc1. The Morgan fingerprint density at radius 3 is 2.60 bits per heavy atom. The summed E-state index contributed by atoms with van der Waals surface area (Å²) in [4.78, 5) is 0. The molecule has 0 aromatic carbocycles. The largest absolute Gasteiger partial charge is 0.240 e. The summed E-state index contributed by atoms with van der Waals surface area (Å²) in [5.74, 6) is 0. The maximum atomic E-state index is 4.07. The molecular formula is C11H9BrN2S. The minimum atomic E-state index is 1.05. The molecule has 0 amide bonds. The van der Waals surface area contributed by atoms with Crippen LogP contribution in [-0.4, -0.2) is 9.61 Å². The van der Waals surface area contributed by atoms with Gasteiger partial charge in [-0.1, -0.05) is 12.1 Å². The molecule has 3 heterocycles. The van der Waals surface area contributed by atoms with Crippen LogP contribution in [0, 0.1) is 0 Å². The van der Waals surface area contributed by atoms with Gasteiger partial charge in [-0.15, -0.1) is 0 Å². The van der Waals surface area contributed by atoms with Gasteiger partial charge in [-0.25, -0.2) is 4.52 Å². The fraction of sp³-hybridized carbons (Fsp3) is 0. The van der Waals surface area contributed by atoms with Gasteiger partial charge in [0.15, 0.2) is 0 Å². The highest BCUT2D eigenvalue weighted by Crippen LogP contribution is 2.10. The number of fused-ring (bicyclic) bond motifs is 1. The third-order valence-electron chi connectivity index (χ3n) is 1.79. The van der Waals surface area contributed by atoms with Crippen LogP contribution in [0.5, 0.6) is 0 Å². The van der Waals surface area contributed by atoms with Crippen LogP contribution < -0.4 is 0 Å². The van der Waals surface area contributed by atoms with E-state index in [0.717, 1.165) is 9.99 Å². The molecule has 2 nitrogen and oxygen atoms in total. The molecule has 0 radical (unpaired) electrons. The van der Waals surface area contributed by atoms with Crippen LogP contribution in [0.25, 0.3) is 5.52 Å². The molecular weight excluding hydrogens is 272 g/mol. The molecule has 0 saturated carbocycles. The number of hydrogen-bond donors (Lipinski definition) is 0. The van der Waals surface area contributed by atoms with E-state index in [0.29, 0.717) is 0 Å². The molecule has 76 valence electrons. The average Bonchev–Trinajstić information content (AvgIpc) is 2.91. The molecule has 15 heavy (non-hydrogen) atoms.